The van der Waals surface area contributed by atoms with Crippen molar-refractivity contribution in [3.8, 4) is 6.01 Å². The Hall–Kier alpha value is -3.66. The van der Waals surface area contributed by atoms with Gasteiger partial charge in [0.1, 0.15) is 5.82 Å². The van der Waals surface area contributed by atoms with Gasteiger partial charge >= 0.3 is 6.01 Å². The third-order valence-electron chi connectivity index (χ3n) is 7.97. The van der Waals surface area contributed by atoms with Gasteiger partial charge in [0, 0.05) is 55.8 Å². The molecule has 3 N–H and O–H groups in total. The van der Waals surface area contributed by atoms with Gasteiger partial charge in [0.2, 0.25) is 5.91 Å². The van der Waals surface area contributed by atoms with E-state index >= 15 is 0 Å². The Bertz CT molecular complexity index is 1220. The Morgan fingerprint density at radius 1 is 1.07 bits per heavy atom. The minimum atomic E-state index is -0.0392. The van der Waals surface area contributed by atoms with Crippen LogP contribution >= 0.6 is 0 Å². The van der Waals surface area contributed by atoms with Crippen molar-refractivity contribution in [1.82, 2.24) is 19.8 Å². The molecule has 1 aromatic heterocycles. The first kappa shape index (κ1) is 29.3. The number of piperazine rings is 1. The highest BCUT2D eigenvalue weighted by Gasteiger charge is 2.30. The molecular formula is C30H44N8O2. The van der Waals surface area contributed by atoms with Crippen LogP contribution in [0.5, 0.6) is 6.01 Å². The van der Waals surface area contributed by atoms with Gasteiger partial charge in [-0.3, -0.25) is 4.79 Å². The number of carbonyl (C=O) groups is 1. The quantitative estimate of drug-likeness (QED) is 0.321. The van der Waals surface area contributed by atoms with Gasteiger partial charge in [0.25, 0.3) is 0 Å². The number of fused-ring (bicyclic) bond motifs is 1. The fourth-order valence-electron chi connectivity index (χ4n) is 5.69. The number of methoxy groups -OCH3 is 1. The van der Waals surface area contributed by atoms with Crippen LogP contribution < -0.4 is 20.3 Å². The SMILES string of the molecule is C=CC(=O)N1CCN(c2nc(OC)nc3c2CCN(c2c(C(C)C)ccc(N)c2C=N)C3)CC1.CN1CCCC1. The molecule has 3 aliphatic rings. The van der Waals surface area contributed by atoms with E-state index in [-0.39, 0.29) is 5.91 Å². The topological polar surface area (TPSA) is 115 Å². The van der Waals surface area contributed by atoms with Crippen molar-refractivity contribution in [1.29, 1.82) is 5.41 Å². The number of aromatic nitrogens is 2. The smallest absolute Gasteiger partial charge is 0.318 e. The van der Waals surface area contributed by atoms with Crippen LogP contribution in [0.2, 0.25) is 0 Å². The maximum absolute atomic E-state index is 12.0. The zero-order valence-corrected chi connectivity index (χ0v) is 24.4. The fourth-order valence-corrected chi connectivity index (χ4v) is 5.69. The lowest BCUT2D eigenvalue weighted by molar-refractivity contribution is -0.126. The van der Waals surface area contributed by atoms with E-state index in [2.05, 4.69) is 48.2 Å². The first-order valence-electron chi connectivity index (χ1n) is 14.2. The van der Waals surface area contributed by atoms with Crippen molar-refractivity contribution in [3.63, 3.8) is 0 Å². The molecule has 0 spiro atoms. The average molecular weight is 549 g/mol. The summed E-state index contributed by atoms with van der Waals surface area (Å²) < 4.78 is 5.45. The summed E-state index contributed by atoms with van der Waals surface area (Å²) in [6, 6.07) is 4.29. The minimum Gasteiger partial charge on any atom is -0.467 e. The second-order valence-electron chi connectivity index (χ2n) is 11.0. The molecule has 10 heteroatoms. The molecule has 0 bridgehead atoms. The molecule has 1 amide bonds. The zero-order valence-electron chi connectivity index (χ0n) is 24.4. The Labute approximate surface area is 238 Å². The predicted octanol–water partition coefficient (Wildman–Crippen LogP) is 3.30. The molecule has 5 rings (SSSR count). The van der Waals surface area contributed by atoms with Gasteiger partial charge in [0.05, 0.1) is 25.0 Å². The number of anilines is 3. The second kappa shape index (κ2) is 13.1. The number of benzene rings is 1. The van der Waals surface area contributed by atoms with E-state index in [1.54, 1.807) is 7.11 Å². The number of nitrogens with one attached hydrogen (secondary N) is 1. The lowest BCUT2D eigenvalue weighted by Gasteiger charge is -2.38. The maximum atomic E-state index is 12.0. The molecule has 0 atom stereocenters. The molecule has 0 radical (unpaired) electrons. The molecule has 10 nitrogen and oxygen atoms in total. The van der Waals surface area contributed by atoms with E-state index in [1.807, 2.05) is 11.0 Å². The molecule has 2 aromatic rings. The van der Waals surface area contributed by atoms with Crippen LogP contribution in [0.15, 0.2) is 24.8 Å². The van der Waals surface area contributed by atoms with Crippen molar-refractivity contribution in [2.75, 3.05) is 75.5 Å². The van der Waals surface area contributed by atoms with Crippen molar-refractivity contribution < 1.29 is 9.53 Å². The summed E-state index contributed by atoms with van der Waals surface area (Å²) in [7, 11) is 3.75. The zero-order chi connectivity index (χ0) is 28.8. The number of amides is 1. The van der Waals surface area contributed by atoms with Gasteiger partial charge in [-0.15, -0.1) is 0 Å². The normalized spacial score (nSPS) is 17.3. The van der Waals surface area contributed by atoms with Gasteiger partial charge in [-0.2, -0.15) is 9.97 Å². The fraction of sp³-hybridized carbons (Fsp3) is 0.533. The molecule has 40 heavy (non-hydrogen) atoms. The summed E-state index contributed by atoms with van der Waals surface area (Å²) >= 11 is 0. The van der Waals surface area contributed by atoms with Gasteiger partial charge in [0.15, 0.2) is 0 Å². The maximum Gasteiger partial charge on any atom is 0.318 e. The van der Waals surface area contributed by atoms with Crippen LogP contribution in [0.4, 0.5) is 17.2 Å². The second-order valence-corrected chi connectivity index (χ2v) is 11.0. The summed E-state index contributed by atoms with van der Waals surface area (Å²) in [6.45, 7) is 14.5. The number of nitrogen functional groups attached to an aromatic ring is 1. The molecule has 4 heterocycles. The Morgan fingerprint density at radius 3 is 2.33 bits per heavy atom. The van der Waals surface area contributed by atoms with Gasteiger partial charge in [-0.25, -0.2) is 0 Å². The van der Waals surface area contributed by atoms with Crippen LogP contribution in [0.3, 0.4) is 0 Å². The molecule has 3 aliphatic heterocycles. The number of likely N-dealkylation sites (tertiary alicyclic amines) is 1. The predicted molar refractivity (Wildman–Crippen MR) is 162 cm³/mol. The standard InChI is InChI=1S/C25H33N7O2.C5H11N/c1-5-22(33)30-10-12-31(13-11-30)24-18-8-9-32(15-21(18)28-25(29-24)34-4)23-17(16(2)3)6-7-20(27)19(23)14-26;1-6-4-2-3-5-6/h5-7,14,16,26H,1,8-13,15,27H2,2-4H3;2-5H2,1H3. The number of nitrogens with two attached hydrogens (primary N) is 1. The summed E-state index contributed by atoms with van der Waals surface area (Å²) in [5, 5.41) is 8.00. The summed E-state index contributed by atoms with van der Waals surface area (Å²) in [5.74, 6) is 1.14. The number of rotatable bonds is 6. The highest BCUT2D eigenvalue weighted by molar-refractivity contribution is 5.94. The Morgan fingerprint density at radius 2 is 1.77 bits per heavy atom. The monoisotopic (exact) mass is 548 g/mol. The molecule has 1 aromatic carbocycles. The highest BCUT2D eigenvalue weighted by Crippen LogP contribution is 2.38. The van der Waals surface area contributed by atoms with E-state index in [9.17, 15) is 4.79 Å². The van der Waals surface area contributed by atoms with E-state index in [0.717, 1.165) is 41.3 Å². The Balaban J connectivity index is 0.000000546. The van der Waals surface area contributed by atoms with E-state index in [0.29, 0.717) is 50.3 Å². The summed E-state index contributed by atoms with van der Waals surface area (Å²) in [5.41, 5.74) is 11.8. The van der Waals surface area contributed by atoms with Gasteiger partial charge < -0.3 is 35.5 Å². The van der Waals surface area contributed by atoms with E-state index in [1.165, 1.54) is 43.8 Å². The third kappa shape index (κ3) is 6.38. The number of hydrogen-bond acceptors (Lipinski definition) is 9. The molecular weight excluding hydrogens is 504 g/mol. The lowest BCUT2D eigenvalue weighted by Crippen LogP contribution is -2.49. The molecule has 0 aliphatic carbocycles. The Kier molecular flexibility index (Phi) is 9.63. The minimum absolute atomic E-state index is 0.0392. The van der Waals surface area contributed by atoms with Crippen LogP contribution in [-0.4, -0.2) is 91.9 Å². The summed E-state index contributed by atoms with van der Waals surface area (Å²) in [4.78, 5) is 30.0. The van der Waals surface area contributed by atoms with Crippen LogP contribution in [-0.2, 0) is 17.8 Å². The average Bonchev–Trinajstić information content (AvgIpc) is 3.46. The number of ether oxygens (including phenoxy) is 1. The third-order valence-corrected chi connectivity index (χ3v) is 7.97. The van der Waals surface area contributed by atoms with Gasteiger partial charge in [-0.1, -0.05) is 26.5 Å². The van der Waals surface area contributed by atoms with E-state index < -0.39 is 0 Å². The van der Waals surface area contributed by atoms with Crippen LogP contribution in [0, 0.1) is 5.41 Å². The lowest BCUT2D eigenvalue weighted by atomic mass is 9.94. The molecule has 0 unspecified atom stereocenters. The first-order chi connectivity index (χ1) is 19.3. The van der Waals surface area contributed by atoms with Gasteiger partial charge in [-0.05, 0) is 63.0 Å². The van der Waals surface area contributed by atoms with Crippen molar-refractivity contribution in [3.05, 3.63) is 47.2 Å². The number of hydrogen-bond donors (Lipinski definition) is 2. The van der Waals surface area contributed by atoms with Crippen molar-refractivity contribution in [2.45, 2.75) is 45.6 Å². The largest absolute Gasteiger partial charge is 0.467 e. The van der Waals surface area contributed by atoms with E-state index in [4.69, 9.17) is 25.8 Å². The molecule has 0 saturated carbocycles. The summed E-state index contributed by atoms with van der Waals surface area (Å²) in [6.07, 6.45) is 6.31. The van der Waals surface area contributed by atoms with Crippen molar-refractivity contribution >= 4 is 29.3 Å². The first-order valence-corrected chi connectivity index (χ1v) is 14.2. The van der Waals surface area contributed by atoms with Crippen LogP contribution in [0.1, 0.15) is 55.0 Å². The molecule has 216 valence electrons. The van der Waals surface area contributed by atoms with Crippen molar-refractivity contribution in [2.24, 2.45) is 0 Å². The highest BCUT2D eigenvalue weighted by atomic mass is 16.5. The number of carbonyl (C=O) groups excluding carboxylic acids is 1. The number of nitrogens with zero attached hydrogens (tertiary/aromatic N) is 6. The molecule has 2 saturated heterocycles. The molecule has 2 fully saturated rings. The van der Waals surface area contributed by atoms with Crippen LogP contribution in [0.25, 0.3) is 0 Å².